The van der Waals surface area contributed by atoms with Gasteiger partial charge in [-0.1, -0.05) is 194 Å². The first-order valence-corrected chi connectivity index (χ1v) is 27.4. The minimum Gasteiger partial charge on any atom is -0.462 e. The van der Waals surface area contributed by atoms with Crippen molar-refractivity contribution in [2.45, 2.75) is 206 Å². The number of carbonyl (C=O) groups excluding carboxylic acids is 2. The lowest BCUT2D eigenvalue weighted by atomic mass is 10.1. The molecule has 3 N–H and O–H groups in total. The Morgan fingerprint density at radius 3 is 1.26 bits per heavy atom. The van der Waals surface area contributed by atoms with Crippen molar-refractivity contribution in [3.8, 4) is 0 Å². The summed E-state index contributed by atoms with van der Waals surface area (Å²) in [6, 6.07) is 0. The molecule has 0 bridgehead atoms. The van der Waals surface area contributed by atoms with Gasteiger partial charge in [0.1, 0.15) is 6.61 Å². The molecule has 0 aliphatic heterocycles. The van der Waals surface area contributed by atoms with E-state index >= 15 is 0 Å². The number of phosphoric acid groups is 1. The molecule has 0 saturated heterocycles. The zero-order valence-corrected chi connectivity index (χ0v) is 42.5. The molecule has 2 unspecified atom stereocenters. The van der Waals surface area contributed by atoms with E-state index < -0.39 is 32.5 Å². The smallest absolute Gasteiger partial charge is 0.462 e. The molecule has 2 atom stereocenters. The third-order valence-corrected chi connectivity index (χ3v) is 11.4. The monoisotopic (exact) mass is 940 g/mol. The summed E-state index contributed by atoms with van der Waals surface area (Å²) in [7, 11) is -4.39. The van der Waals surface area contributed by atoms with Crippen LogP contribution in [0.3, 0.4) is 0 Å². The zero-order valence-electron chi connectivity index (χ0n) is 41.6. The van der Waals surface area contributed by atoms with Crippen LogP contribution in [0.2, 0.25) is 0 Å². The maximum absolute atomic E-state index is 12.6. The number of phosphoric ester groups is 1. The average Bonchev–Trinajstić information content (AvgIpc) is 3.31. The summed E-state index contributed by atoms with van der Waals surface area (Å²) < 4.78 is 32.8. The summed E-state index contributed by atoms with van der Waals surface area (Å²) in [5.74, 6) is -0.856. The van der Waals surface area contributed by atoms with Crippen molar-refractivity contribution in [1.29, 1.82) is 0 Å². The van der Waals surface area contributed by atoms with E-state index in [-0.39, 0.29) is 32.6 Å². The summed E-state index contributed by atoms with van der Waals surface area (Å²) in [6.07, 6.45) is 68.5. The molecule has 0 spiro atoms. The summed E-state index contributed by atoms with van der Waals surface area (Å²) in [5, 5.41) is 0. The molecular formula is C56H94NO8P. The molecule has 0 radical (unpaired) electrons. The van der Waals surface area contributed by atoms with Crippen LogP contribution in [0.25, 0.3) is 0 Å². The number of unbranched alkanes of at least 4 members (excludes halogenated alkanes) is 16. The van der Waals surface area contributed by atoms with Crippen molar-refractivity contribution in [3.05, 3.63) is 109 Å². The third kappa shape index (κ3) is 50.1. The van der Waals surface area contributed by atoms with Crippen molar-refractivity contribution in [1.82, 2.24) is 0 Å². The molecule has 0 aliphatic rings. The van der Waals surface area contributed by atoms with Crippen LogP contribution in [-0.4, -0.2) is 49.3 Å². The molecule has 10 heteroatoms. The lowest BCUT2D eigenvalue weighted by Gasteiger charge is -2.19. The predicted octanol–water partition coefficient (Wildman–Crippen LogP) is 15.9. The summed E-state index contributed by atoms with van der Waals surface area (Å²) in [6.45, 7) is 3.56. The Labute approximate surface area is 403 Å². The quantitative estimate of drug-likeness (QED) is 0.0265. The second-order valence-electron chi connectivity index (χ2n) is 16.7. The van der Waals surface area contributed by atoms with Crippen LogP contribution in [-0.2, 0) is 32.7 Å². The second kappa shape index (κ2) is 51.1. The largest absolute Gasteiger partial charge is 0.472 e. The number of nitrogens with two attached hydrogens (primary N) is 1. The van der Waals surface area contributed by atoms with E-state index in [9.17, 15) is 19.0 Å². The molecule has 0 aliphatic carbocycles. The second-order valence-corrected chi connectivity index (χ2v) is 18.1. The average molecular weight is 940 g/mol. The number of esters is 2. The van der Waals surface area contributed by atoms with E-state index in [1.807, 2.05) is 0 Å². The maximum Gasteiger partial charge on any atom is 0.472 e. The van der Waals surface area contributed by atoms with Gasteiger partial charge in [0, 0.05) is 19.4 Å². The van der Waals surface area contributed by atoms with E-state index in [1.165, 1.54) is 44.9 Å². The lowest BCUT2D eigenvalue weighted by molar-refractivity contribution is -0.161. The molecule has 0 aromatic carbocycles. The van der Waals surface area contributed by atoms with Gasteiger partial charge in [0.05, 0.1) is 13.2 Å². The first-order chi connectivity index (χ1) is 32.3. The number of ether oxygens (including phenoxy) is 2. The van der Waals surface area contributed by atoms with Gasteiger partial charge in [0.2, 0.25) is 0 Å². The highest BCUT2D eigenvalue weighted by Gasteiger charge is 2.26. The normalized spacial score (nSPS) is 14.1. The highest BCUT2D eigenvalue weighted by atomic mass is 31.2. The van der Waals surface area contributed by atoms with Crippen molar-refractivity contribution >= 4 is 19.8 Å². The first kappa shape index (κ1) is 62.7. The Kier molecular flexibility index (Phi) is 48.5. The zero-order chi connectivity index (χ0) is 48.1. The van der Waals surface area contributed by atoms with E-state index in [0.717, 1.165) is 116 Å². The first-order valence-electron chi connectivity index (χ1n) is 25.9. The molecule has 0 heterocycles. The number of allylic oxidation sites excluding steroid dienone is 18. The predicted molar refractivity (Wildman–Crippen MR) is 279 cm³/mol. The van der Waals surface area contributed by atoms with Gasteiger partial charge in [0.25, 0.3) is 0 Å². The Morgan fingerprint density at radius 1 is 0.470 bits per heavy atom. The molecule has 66 heavy (non-hydrogen) atoms. The van der Waals surface area contributed by atoms with Crippen molar-refractivity contribution in [3.63, 3.8) is 0 Å². The molecule has 0 aromatic heterocycles. The van der Waals surface area contributed by atoms with Gasteiger partial charge < -0.3 is 20.1 Å². The summed E-state index contributed by atoms with van der Waals surface area (Å²) >= 11 is 0. The van der Waals surface area contributed by atoms with Gasteiger partial charge in [-0.2, -0.15) is 0 Å². The molecule has 0 aromatic rings. The molecular weight excluding hydrogens is 846 g/mol. The van der Waals surface area contributed by atoms with Gasteiger partial charge in [0.15, 0.2) is 6.10 Å². The van der Waals surface area contributed by atoms with Gasteiger partial charge in [-0.05, 0) is 103 Å². The molecule has 0 amide bonds. The Hall–Kier alpha value is -3.33. The Bertz CT molecular complexity index is 1440. The number of carbonyl (C=O) groups is 2. The Balaban J connectivity index is 4.03. The van der Waals surface area contributed by atoms with Crippen LogP contribution in [0.5, 0.6) is 0 Å². The molecule has 0 fully saturated rings. The fraction of sp³-hybridized carbons (Fsp3) is 0.643. The van der Waals surface area contributed by atoms with Crippen molar-refractivity contribution in [2.24, 2.45) is 5.73 Å². The molecule has 0 saturated carbocycles. The van der Waals surface area contributed by atoms with Gasteiger partial charge in [-0.15, -0.1) is 0 Å². The van der Waals surface area contributed by atoms with Crippen LogP contribution in [0.1, 0.15) is 200 Å². The minimum absolute atomic E-state index is 0.0456. The topological polar surface area (TPSA) is 134 Å². The van der Waals surface area contributed by atoms with Gasteiger partial charge in [-0.3, -0.25) is 18.6 Å². The fourth-order valence-electron chi connectivity index (χ4n) is 6.59. The lowest BCUT2D eigenvalue weighted by Crippen LogP contribution is -2.29. The van der Waals surface area contributed by atoms with Crippen LogP contribution < -0.4 is 5.73 Å². The van der Waals surface area contributed by atoms with Gasteiger partial charge in [-0.25, -0.2) is 4.57 Å². The Morgan fingerprint density at radius 2 is 0.833 bits per heavy atom. The summed E-state index contributed by atoms with van der Waals surface area (Å²) in [4.78, 5) is 35.0. The highest BCUT2D eigenvalue weighted by Crippen LogP contribution is 2.43. The maximum atomic E-state index is 12.6. The van der Waals surface area contributed by atoms with E-state index in [4.69, 9.17) is 24.3 Å². The van der Waals surface area contributed by atoms with E-state index in [1.54, 1.807) is 0 Å². The van der Waals surface area contributed by atoms with E-state index in [2.05, 4.69) is 123 Å². The molecule has 0 rings (SSSR count). The summed E-state index contributed by atoms with van der Waals surface area (Å²) in [5.41, 5.74) is 5.36. The molecule has 376 valence electrons. The number of rotatable bonds is 47. The third-order valence-electron chi connectivity index (χ3n) is 10.4. The van der Waals surface area contributed by atoms with Crippen LogP contribution >= 0.6 is 7.82 Å². The van der Waals surface area contributed by atoms with Crippen molar-refractivity contribution in [2.75, 3.05) is 26.4 Å². The number of hydrogen-bond acceptors (Lipinski definition) is 8. The van der Waals surface area contributed by atoms with Crippen LogP contribution in [0, 0.1) is 0 Å². The van der Waals surface area contributed by atoms with E-state index in [0.29, 0.717) is 12.8 Å². The molecule has 9 nitrogen and oxygen atoms in total. The van der Waals surface area contributed by atoms with Crippen molar-refractivity contribution < 1.29 is 37.6 Å². The minimum atomic E-state index is -4.39. The van der Waals surface area contributed by atoms with Crippen LogP contribution in [0.4, 0.5) is 0 Å². The van der Waals surface area contributed by atoms with Crippen LogP contribution in [0.15, 0.2) is 109 Å². The SMILES string of the molecule is CC/C=C\C/C=C\C/C=C\C/C=C\C/C=C\C/C=C\C/C=C\C/C=C\CCCCCCCCCCC(=O)OC(COC(=O)CCCCCCC/C=C\CCCCC)COP(=O)(O)OCCN. The van der Waals surface area contributed by atoms with Gasteiger partial charge >= 0.3 is 19.8 Å². The standard InChI is InChI=1S/C56H94NO8P/c1-3-5-7-9-11-13-15-17-18-19-20-21-22-23-24-25-26-27-28-29-30-31-32-33-34-35-36-37-39-41-43-45-47-49-56(59)65-54(53-64-66(60,61)63-51-50-57)52-62-55(58)48-46-44-42-40-38-16-14-12-10-8-6-4-2/h5,7,11-14,17-18,20-21,23-24,26-27,29-30,32-33,54H,3-4,6,8-10,15-16,19,22,25,28,31,34-53,57H2,1-2H3,(H,60,61)/b7-5-,13-11-,14-12-,18-17-,21-20-,24-23-,27-26-,30-29-,33-32-. The fourth-order valence-corrected chi connectivity index (χ4v) is 7.35. The highest BCUT2D eigenvalue weighted by molar-refractivity contribution is 7.47. The number of hydrogen-bond donors (Lipinski definition) is 2.